The summed E-state index contributed by atoms with van der Waals surface area (Å²) in [5.74, 6) is 0.195. The standard InChI is InChI=1S/C20H22N2O4/c1-14(16-7-6-15-4-2-3-5-17(15)12-16)21-20(23)13-26-19-10-8-18(9-11-19)22(24)25/h6-12,14H,2-5,13H2,1H3,(H,21,23)/t14-/m1/s1. The lowest BCUT2D eigenvalue weighted by Crippen LogP contribution is -2.31. The number of nitrogens with one attached hydrogen (secondary N) is 1. The van der Waals surface area contributed by atoms with Crippen molar-refractivity contribution < 1.29 is 14.5 Å². The van der Waals surface area contributed by atoms with Crippen LogP contribution in [0.3, 0.4) is 0 Å². The first-order valence-electron chi connectivity index (χ1n) is 8.81. The van der Waals surface area contributed by atoms with E-state index in [1.165, 1.54) is 48.2 Å². The van der Waals surface area contributed by atoms with Crippen LogP contribution in [-0.2, 0) is 17.6 Å². The third-order valence-electron chi connectivity index (χ3n) is 4.67. The van der Waals surface area contributed by atoms with Gasteiger partial charge in [-0.1, -0.05) is 18.2 Å². The first kappa shape index (κ1) is 17.9. The molecule has 0 aromatic heterocycles. The maximum Gasteiger partial charge on any atom is 0.269 e. The van der Waals surface area contributed by atoms with Gasteiger partial charge in [0.2, 0.25) is 0 Å². The molecule has 0 saturated carbocycles. The molecule has 26 heavy (non-hydrogen) atoms. The molecule has 0 unspecified atom stereocenters. The Morgan fingerprint density at radius 3 is 2.54 bits per heavy atom. The van der Waals surface area contributed by atoms with E-state index in [2.05, 4.69) is 23.5 Å². The molecule has 0 saturated heterocycles. The number of amides is 1. The van der Waals surface area contributed by atoms with Gasteiger partial charge >= 0.3 is 0 Å². The highest BCUT2D eigenvalue weighted by Crippen LogP contribution is 2.24. The Hall–Kier alpha value is -2.89. The third kappa shape index (κ3) is 4.39. The summed E-state index contributed by atoms with van der Waals surface area (Å²) in [6.07, 6.45) is 4.71. The average molecular weight is 354 g/mol. The van der Waals surface area contributed by atoms with Crippen molar-refractivity contribution in [1.29, 1.82) is 0 Å². The smallest absolute Gasteiger partial charge is 0.269 e. The van der Waals surface area contributed by atoms with Gasteiger partial charge in [-0.3, -0.25) is 14.9 Å². The quantitative estimate of drug-likeness (QED) is 0.633. The van der Waals surface area contributed by atoms with E-state index in [0.717, 1.165) is 18.4 Å². The predicted molar refractivity (Wildman–Crippen MR) is 98.2 cm³/mol. The van der Waals surface area contributed by atoms with Crippen LogP contribution in [0.4, 0.5) is 5.69 Å². The van der Waals surface area contributed by atoms with Gasteiger partial charge in [0.15, 0.2) is 6.61 Å². The van der Waals surface area contributed by atoms with Crippen LogP contribution in [0.1, 0.15) is 42.5 Å². The van der Waals surface area contributed by atoms with E-state index in [1.54, 1.807) is 0 Å². The highest BCUT2D eigenvalue weighted by molar-refractivity contribution is 5.78. The number of hydrogen-bond acceptors (Lipinski definition) is 4. The molecule has 6 heteroatoms. The first-order chi connectivity index (χ1) is 12.5. The second-order valence-corrected chi connectivity index (χ2v) is 6.56. The number of hydrogen-bond donors (Lipinski definition) is 1. The maximum atomic E-state index is 12.1. The van der Waals surface area contributed by atoms with Crippen LogP contribution in [0.15, 0.2) is 42.5 Å². The molecule has 2 aromatic rings. The molecule has 1 amide bonds. The number of benzene rings is 2. The fourth-order valence-corrected chi connectivity index (χ4v) is 3.20. The molecule has 0 radical (unpaired) electrons. The van der Waals surface area contributed by atoms with Crippen LogP contribution in [0.5, 0.6) is 5.75 Å². The summed E-state index contributed by atoms with van der Waals surface area (Å²) < 4.78 is 5.40. The maximum absolute atomic E-state index is 12.1. The number of carbonyl (C=O) groups is 1. The number of ether oxygens (including phenoxy) is 1. The van der Waals surface area contributed by atoms with Crippen LogP contribution < -0.4 is 10.1 Å². The van der Waals surface area contributed by atoms with Gasteiger partial charge in [-0.05, 0) is 61.4 Å². The lowest BCUT2D eigenvalue weighted by atomic mass is 9.89. The fourth-order valence-electron chi connectivity index (χ4n) is 3.20. The highest BCUT2D eigenvalue weighted by Gasteiger charge is 2.14. The average Bonchev–Trinajstić information content (AvgIpc) is 2.66. The summed E-state index contributed by atoms with van der Waals surface area (Å²) in [6, 6.07) is 12.0. The van der Waals surface area contributed by atoms with E-state index in [0.29, 0.717) is 5.75 Å². The van der Waals surface area contributed by atoms with Gasteiger partial charge in [0.25, 0.3) is 11.6 Å². The van der Waals surface area contributed by atoms with Crippen molar-refractivity contribution in [2.45, 2.75) is 38.6 Å². The lowest BCUT2D eigenvalue weighted by Gasteiger charge is -2.20. The summed E-state index contributed by atoms with van der Waals surface area (Å²) in [5, 5.41) is 13.6. The second kappa shape index (κ2) is 7.99. The molecule has 1 atom stereocenters. The number of nitro groups is 1. The van der Waals surface area contributed by atoms with Crippen LogP contribution in [0.2, 0.25) is 0 Å². The van der Waals surface area contributed by atoms with Crippen LogP contribution in [0, 0.1) is 10.1 Å². The van der Waals surface area contributed by atoms with E-state index in [-0.39, 0.29) is 24.2 Å². The monoisotopic (exact) mass is 354 g/mol. The van der Waals surface area contributed by atoms with Crippen molar-refractivity contribution in [3.05, 3.63) is 69.3 Å². The molecule has 3 rings (SSSR count). The third-order valence-corrected chi connectivity index (χ3v) is 4.67. The van der Waals surface area contributed by atoms with Crippen molar-refractivity contribution in [2.24, 2.45) is 0 Å². The lowest BCUT2D eigenvalue weighted by molar-refractivity contribution is -0.384. The number of carbonyl (C=O) groups excluding carboxylic acids is 1. The van der Waals surface area contributed by atoms with Gasteiger partial charge in [-0.15, -0.1) is 0 Å². The largest absolute Gasteiger partial charge is 0.484 e. The number of rotatable bonds is 6. The number of fused-ring (bicyclic) bond motifs is 1. The Kier molecular flexibility index (Phi) is 5.51. The van der Waals surface area contributed by atoms with Crippen LogP contribution in [-0.4, -0.2) is 17.4 Å². The minimum absolute atomic E-state index is 0.0113. The highest BCUT2D eigenvalue weighted by atomic mass is 16.6. The molecule has 136 valence electrons. The van der Waals surface area contributed by atoms with Crippen molar-refractivity contribution in [3.8, 4) is 5.75 Å². The minimum Gasteiger partial charge on any atom is -0.484 e. The number of nitro benzene ring substituents is 1. The van der Waals surface area contributed by atoms with Gasteiger partial charge in [-0.2, -0.15) is 0 Å². The molecule has 6 nitrogen and oxygen atoms in total. The Morgan fingerprint density at radius 2 is 1.85 bits per heavy atom. The fraction of sp³-hybridized carbons (Fsp3) is 0.350. The minimum atomic E-state index is -0.475. The SMILES string of the molecule is C[C@@H](NC(=O)COc1ccc([N+](=O)[O-])cc1)c1ccc2c(c1)CCCC2. The van der Waals surface area contributed by atoms with Gasteiger partial charge < -0.3 is 10.1 Å². The topological polar surface area (TPSA) is 81.5 Å². The number of aryl methyl sites for hydroxylation is 2. The molecule has 0 fully saturated rings. The summed E-state index contributed by atoms with van der Waals surface area (Å²) in [7, 11) is 0. The Balaban J connectivity index is 1.53. The van der Waals surface area contributed by atoms with Gasteiger partial charge in [0.1, 0.15) is 5.75 Å². The van der Waals surface area contributed by atoms with Gasteiger partial charge in [0.05, 0.1) is 11.0 Å². The zero-order valence-corrected chi connectivity index (χ0v) is 14.7. The van der Waals surface area contributed by atoms with Crippen molar-refractivity contribution in [2.75, 3.05) is 6.61 Å². The second-order valence-electron chi connectivity index (χ2n) is 6.56. The Labute approximate surface area is 152 Å². The normalized spacial score (nSPS) is 14.2. The molecular formula is C20H22N2O4. The molecule has 0 spiro atoms. The summed E-state index contributed by atoms with van der Waals surface area (Å²) in [5.41, 5.74) is 3.88. The molecular weight excluding hydrogens is 332 g/mol. The van der Waals surface area contributed by atoms with E-state index < -0.39 is 4.92 Å². The van der Waals surface area contributed by atoms with E-state index in [1.807, 2.05) is 6.92 Å². The summed E-state index contributed by atoms with van der Waals surface area (Å²) >= 11 is 0. The van der Waals surface area contributed by atoms with E-state index in [4.69, 9.17) is 4.74 Å². The molecule has 1 aliphatic carbocycles. The first-order valence-corrected chi connectivity index (χ1v) is 8.81. The van der Waals surface area contributed by atoms with Crippen molar-refractivity contribution in [1.82, 2.24) is 5.32 Å². The number of non-ortho nitro benzene ring substituents is 1. The molecule has 1 aliphatic rings. The predicted octanol–water partition coefficient (Wildman–Crippen LogP) is 3.73. The number of nitrogens with zero attached hydrogens (tertiary/aromatic N) is 1. The van der Waals surface area contributed by atoms with E-state index in [9.17, 15) is 14.9 Å². The van der Waals surface area contributed by atoms with Gasteiger partial charge in [0, 0.05) is 12.1 Å². The Morgan fingerprint density at radius 1 is 1.15 bits per heavy atom. The molecule has 0 heterocycles. The van der Waals surface area contributed by atoms with Crippen LogP contribution in [0.25, 0.3) is 0 Å². The summed E-state index contributed by atoms with van der Waals surface area (Å²) in [6.45, 7) is 1.82. The Bertz CT molecular complexity index is 802. The van der Waals surface area contributed by atoms with Gasteiger partial charge in [-0.25, -0.2) is 0 Å². The molecule has 0 bridgehead atoms. The molecule has 1 N–H and O–H groups in total. The van der Waals surface area contributed by atoms with Crippen LogP contribution >= 0.6 is 0 Å². The zero-order chi connectivity index (χ0) is 18.5. The summed E-state index contributed by atoms with van der Waals surface area (Å²) in [4.78, 5) is 22.3. The zero-order valence-electron chi connectivity index (χ0n) is 14.7. The van der Waals surface area contributed by atoms with Crippen molar-refractivity contribution in [3.63, 3.8) is 0 Å². The van der Waals surface area contributed by atoms with E-state index >= 15 is 0 Å². The molecule has 0 aliphatic heterocycles. The van der Waals surface area contributed by atoms with Crippen molar-refractivity contribution >= 4 is 11.6 Å². The molecule has 2 aromatic carbocycles.